The summed E-state index contributed by atoms with van der Waals surface area (Å²) < 4.78 is 0. The summed E-state index contributed by atoms with van der Waals surface area (Å²) in [6.45, 7) is 0. The van der Waals surface area contributed by atoms with E-state index in [1.807, 2.05) is 30.3 Å². The summed E-state index contributed by atoms with van der Waals surface area (Å²) in [6, 6.07) is 11.5. The molecule has 0 atom stereocenters. The Bertz CT molecular complexity index is 509. The highest BCUT2D eigenvalue weighted by molar-refractivity contribution is 5.40. The molecule has 2 aromatic rings. The van der Waals surface area contributed by atoms with Crippen LogP contribution in [-0.4, -0.2) is 9.97 Å². The van der Waals surface area contributed by atoms with Crippen LogP contribution in [-0.2, 0) is 0 Å². The van der Waals surface area contributed by atoms with Crippen molar-refractivity contribution in [3.05, 3.63) is 53.9 Å². The fraction of sp³-hybridized carbons (Fsp3) is 0. The van der Waals surface area contributed by atoms with Gasteiger partial charge in [0.05, 0.1) is 0 Å². The van der Waals surface area contributed by atoms with Crippen LogP contribution in [0.2, 0.25) is 0 Å². The van der Waals surface area contributed by atoms with Gasteiger partial charge in [0.25, 0.3) is 0 Å². The Balaban J connectivity index is 2.26. The van der Waals surface area contributed by atoms with Gasteiger partial charge in [0.2, 0.25) is 5.95 Å². The smallest absolute Gasteiger partial charge is 0.221 e. The minimum absolute atomic E-state index is 0.245. The number of rotatable bonds is 0. The van der Waals surface area contributed by atoms with Crippen molar-refractivity contribution < 1.29 is 0 Å². The van der Waals surface area contributed by atoms with Crippen molar-refractivity contribution in [1.29, 1.82) is 0 Å². The Morgan fingerprint density at radius 1 is 1.00 bits per heavy atom. The van der Waals surface area contributed by atoms with Crippen molar-refractivity contribution in [1.82, 2.24) is 9.97 Å². The van der Waals surface area contributed by atoms with E-state index in [1.165, 1.54) is 0 Å². The molecule has 2 N–H and O–H groups in total. The lowest BCUT2D eigenvalue weighted by Gasteiger charge is -1.91. The highest BCUT2D eigenvalue weighted by atomic mass is 15.0. The molecule has 1 aromatic carbocycles. The summed E-state index contributed by atoms with van der Waals surface area (Å²) in [5.74, 6) is 6.16. The molecule has 0 saturated heterocycles. The van der Waals surface area contributed by atoms with Crippen molar-refractivity contribution in [2.24, 2.45) is 0 Å². The molecule has 0 unspecified atom stereocenters. The lowest BCUT2D eigenvalue weighted by molar-refractivity contribution is 1.16. The highest BCUT2D eigenvalue weighted by Gasteiger charge is 1.89. The monoisotopic (exact) mass is 195 g/mol. The van der Waals surface area contributed by atoms with Crippen molar-refractivity contribution in [2.75, 3.05) is 5.73 Å². The zero-order chi connectivity index (χ0) is 10.5. The van der Waals surface area contributed by atoms with Gasteiger partial charge >= 0.3 is 0 Å². The lowest BCUT2D eigenvalue weighted by Crippen LogP contribution is -1.94. The van der Waals surface area contributed by atoms with Crippen LogP contribution in [0.1, 0.15) is 11.3 Å². The molecule has 0 aliphatic carbocycles. The molecule has 0 saturated carbocycles. The first-order chi connectivity index (χ1) is 7.34. The fourth-order valence-corrected chi connectivity index (χ4v) is 1.10. The van der Waals surface area contributed by atoms with Crippen LogP contribution in [0.4, 0.5) is 5.95 Å². The largest absolute Gasteiger partial charge is 0.368 e. The van der Waals surface area contributed by atoms with Crippen LogP contribution in [0.25, 0.3) is 0 Å². The number of benzene rings is 1. The summed E-state index contributed by atoms with van der Waals surface area (Å²) in [7, 11) is 0. The summed E-state index contributed by atoms with van der Waals surface area (Å²) in [6.07, 6.45) is 1.59. The third-order valence-electron chi connectivity index (χ3n) is 1.78. The van der Waals surface area contributed by atoms with E-state index in [1.54, 1.807) is 12.3 Å². The predicted octanol–water partition coefficient (Wildman–Crippen LogP) is 1.46. The molecule has 3 heteroatoms. The molecular weight excluding hydrogens is 186 g/mol. The Labute approximate surface area is 88.0 Å². The molecule has 72 valence electrons. The standard InChI is InChI=1S/C12H9N3/c13-12-14-9-8-11(15-12)7-6-10-4-2-1-3-5-10/h1-5,8-9H,(H2,13,14,15). The second kappa shape index (κ2) is 4.25. The van der Waals surface area contributed by atoms with E-state index in [0.717, 1.165) is 5.56 Å². The maximum Gasteiger partial charge on any atom is 0.221 e. The molecular formula is C12H9N3. The van der Waals surface area contributed by atoms with Gasteiger partial charge in [-0.05, 0) is 24.1 Å². The lowest BCUT2D eigenvalue weighted by atomic mass is 10.2. The number of aromatic nitrogens is 2. The van der Waals surface area contributed by atoms with Crippen LogP contribution in [0.15, 0.2) is 42.6 Å². The van der Waals surface area contributed by atoms with Crippen LogP contribution in [0, 0.1) is 11.8 Å². The van der Waals surface area contributed by atoms with Gasteiger partial charge in [0.15, 0.2) is 0 Å². The maximum absolute atomic E-state index is 5.44. The Hall–Kier alpha value is -2.34. The topological polar surface area (TPSA) is 51.8 Å². The molecule has 2 rings (SSSR count). The minimum Gasteiger partial charge on any atom is -0.368 e. The van der Waals surface area contributed by atoms with E-state index in [0.29, 0.717) is 5.69 Å². The number of hydrogen-bond donors (Lipinski definition) is 1. The van der Waals surface area contributed by atoms with E-state index in [4.69, 9.17) is 5.73 Å². The molecule has 0 bridgehead atoms. The third-order valence-corrected chi connectivity index (χ3v) is 1.78. The fourth-order valence-electron chi connectivity index (χ4n) is 1.10. The average Bonchev–Trinajstić information content (AvgIpc) is 2.28. The van der Waals surface area contributed by atoms with Crippen molar-refractivity contribution in [2.45, 2.75) is 0 Å². The van der Waals surface area contributed by atoms with Crippen molar-refractivity contribution >= 4 is 5.95 Å². The molecule has 0 aliphatic heterocycles. The van der Waals surface area contributed by atoms with E-state index in [-0.39, 0.29) is 5.95 Å². The molecule has 0 spiro atoms. The Morgan fingerprint density at radius 2 is 1.80 bits per heavy atom. The number of nitrogen functional groups attached to an aromatic ring is 1. The van der Waals surface area contributed by atoms with E-state index >= 15 is 0 Å². The zero-order valence-electron chi connectivity index (χ0n) is 8.01. The predicted molar refractivity (Wildman–Crippen MR) is 58.9 cm³/mol. The summed E-state index contributed by atoms with van der Waals surface area (Å²) in [5.41, 5.74) is 7.02. The van der Waals surface area contributed by atoms with E-state index in [2.05, 4.69) is 21.8 Å². The van der Waals surface area contributed by atoms with Crippen LogP contribution in [0.5, 0.6) is 0 Å². The van der Waals surface area contributed by atoms with Gasteiger partial charge in [-0.3, -0.25) is 0 Å². The van der Waals surface area contributed by atoms with Crippen molar-refractivity contribution in [3.63, 3.8) is 0 Å². The van der Waals surface area contributed by atoms with Crippen LogP contribution >= 0.6 is 0 Å². The van der Waals surface area contributed by atoms with Crippen LogP contribution < -0.4 is 5.73 Å². The van der Waals surface area contributed by atoms with Gasteiger partial charge in [-0.15, -0.1) is 0 Å². The van der Waals surface area contributed by atoms with Gasteiger partial charge in [-0.2, -0.15) is 0 Å². The van der Waals surface area contributed by atoms with Crippen molar-refractivity contribution in [3.8, 4) is 11.8 Å². The minimum atomic E-state index is 0.245. The van der Waals surface area contributed by atoms with Gasteiger partial charge in [-0.25, -0.2) is 9.97 Å². The van der Waals surface area contributed by atoms with Crippen LogP contribution in [0.3, 0.4) is 0 Å². The Morgan fingerprint density at radius 3 is 2.53 bits per heavy atom. The molecule has 3 nitrogen and oxygen atoms in total. The maximum atomic E-state index is 5.44. The summed E-state index contributed by atoms with van der Waals surface area (Å²) in [5, 5.41) is 0. The van der Waals surface area contributed by atoms with E-state index in [9.17, 15) is 0 Å². The number of nitrogens with zero attached hydrogens (tertiary/aromatic N) is 2. The first-order valence-electron chi connectivity index (χ1n) is 4.50. The normalized spacial score (nSPS) is 9.07. The molecule has 15 heavy (non-hydrogen) atoms. The zero-order valence-corrected chi connectivity index (χ0v) is 8.01. The van der Waals surface area contributed by atoms with Gasteiger partial charge in [0, 0.05) is 11.8 Å². The summed E-state index contributed by atoms with van der Waals surface area (Å²) >= 11 is 0. The quantitative estimate of drug-likeness (QED) is 0.647. The average molecular weight is 195 g/mol. The van der Waals surface area contributed by atoms with Gasteiger partial charge in [-0.1, -0.05) is 24.1 Å². The number of hydrogen-bond acceptors (Lipinski definition) is 3. The molecule has 0 amide bonds. The summed E-state index contributed by atoms with van der Waals surface area (Å²) in [4.78, 5) is 7.78. The highest BCUT2D eigenvalue weighted by Crippen LogP contribution is 1.97. The molecule has 1 aromatic heterocycles. The second-order valence-electron chi connectivity index (χ2n) is 2.92. The van der Waals surface area contributed by atoms with Gasteiger partial charge in [0.1, 0.15) is 5.69 Å². The molecule has 0 aliphatic rings. The SMILES string of the molecule is Nc1nccc(C#Cc2ccccc2)n1. The molecule has 0 radical (unpaired) electrons. The van der Waals surface area contributed by atoms with Gasteiger partial charge < -0.3 is 5.73 Å². The van der Waals surface area contributed by atoms with E-state index < -0.39 is 0 Å². The first-order valence-corrected chi connectivity index (χ1v) is 4.50. The first kappa shape index (κ1) is 9.22. The molecule has 1 heterocycles. The number of nitrogens with two attached hydrogens (primary N) is 1. The molecule has 0 fully saturated rings. The third kappa shape index (κ3) is 2.55. The number of anilines is 1. The second-order valence-corrected chi connectivity index (χ2v) is 2.92. The Kier molecular flexibility index (Phi) is 2.61.